The first-order valence-electron chi connectivity index (χ1n) is 9.87. The number of fused-ring (bicyclic) bond motifs is 1. The summed E-state index contributed by atoms with van der Waals surface area (Å²) >= 11 is 0. The minimum Gasteiger partial charge on any atom is -0.378 e. The van der Waals surface area contributed by atoms with E-state index < -0.39 is 11.7 Å². The predicted molar refractivity (Wildman–Crippen MR) is 102 cm³/mol. The minimum absolute atomic E-state index is 0.0617. The summed E-state index contributed by atoms with van der Waals surface area (Å²) in [4.78, 5) is 10.4. The van der Waals surface area contributed by atoms with Gasteiger partial charge in [0.25, 0.3) is 0 Å². The number of nitrogens with zero attached hydrogens (tertiary/aromatic N) is 3. The average molecular weight is 405 g/mol. The van der Waals surface area contributed by atoms with E-state index in [9.17, 15) is 13.2 Å². The molecule has 0 unspecified atom stereocenters. The summed E-state index contributed by atoms with van der Waals surface area (Å²) in [6, 6.07) is 6.61. The molecule has 0 amide bonds. The van der Waals surface area contributed by atoms with Gasteiger partial charge in [0.2, 0.25) is 5.95 Å². The normalized spacial score (nSPS) is 20.1. The van der Waals surface area contributed by atoms with Crippen molar-refractivity contribution in [3.8, 4) is 0 Å². The lowest BCUT2D eigenvalue weighted by Gasteiger charge is -2.40. The van der Waals surface area contributed by atoms with E-state index in [2.05, 4.69) is 31.6 Å². The maximum Gasteiger partial charge on any atom is 0.421 e. The largest absolute Gasteiger partial charge is 0.421 e. The highest BCUT2D eigenvalue weighted by Gasteiger charge is 2.37. The van der Waals surface area contributed by atoms with Crippen LogP contribution < -0.4 is 10.6 Å². The van der Waals surface area contributed by atoms with E-state index in [1.165, 1.54) is 11.1 Å². The van der Waals surface area contributed by atoms with Crippen molar-refractivity contribution in [3.63, 3.8) is 0 Å². The van der Waals surface area contributed by atoms with Gasteiger partial charge < -0.3 is 15.4 Å². The second kappa shape index (κ2) is 7.14. The van der Waals surface area contributed by atoms with Crippen LogP contribution in [0.15, 0.2) is 24.4 Å². The maximum atomic E-state index is 13.2. The molecule has 1 saturated heterocycles. The number of hydrogen-bond acceptors (Lipinski definition) is 6. The van der Waals surface area contributed by atoms with Crippen molar-refractivity contribution in [2.45, 2.75) is 44.1 Å². The van der Waals surface area contributed by atoms with Crippen LogP contribution >= 0.6 is 0 Å². The molecule has 0 bridgehead atoms. The van der Waals surface area contributed by atoms with Gasteiger partial charge in [0.1, 0.15) is 11.4 Å². The molecule has 2 aliphatic heterocycles. The molecule has 9 heteroatoms. The minimum atomic E-state index is -4.49. The quantitative estimate of drug-likeness (QED) is 0.793. The Balaban J connectivity index is 1.33. The summed E-state index contributed by atoms with van der Waals surface area (Å²) in [6.45, 7) is 3.49. The molecule has 1 aromatic heterocycles. The van der Waals surface area contributed by atoms with Gasteiger partial charge in [-0.25, -0.2) is 4.98 Å². The highest BCUT2D eigenvalue weighted by Crippen LogP contribution is 2.36. The SMILES string of the molecule is FC(F)(F)c1cnc(Nc2ccc3c(c2)CCN(C2COC2)C3)nc1NC1CC1. The number of alkyl halides is 3. The molecule has 5 rings (SSSR count). The second-order valence-electron chi connectivity index (χ2n) is 7.89. The first-order valence-corrected chi connectivity index (χ1v) is 9.87. The number of benzene rings is 1. The van der Waals surface area contributed by atoms with Crippen LogP contribution in [0.2, 0.25) is 0 Å². The van der Waals surface area contributed by atoms with Gasteiger partial charge in [-0.05, 0) is 42.5 Å². The fraction of sp³-hybridized carbons (Fsp3) is 0.500. The molecule has 3 heterocycles. The molecular weight excluding hydrogens is 383 g/mol. The third-order valence-corrected chi connectivity index (χ3v) is 5.65. The van der Waals surface area contributed by atoms with Gasteiger partial charge in [-0.1, -0.05) is 6.07 Å². The Morgan fingerprint density at radius 3 is 2.66 bits per heavy atom. The van der Waals surface area contributed by atoms with Crippen LogP contribution in [0, 0.1) is 0 Å². The lowest BCUT2D eigenvalue weighted by Crippen LogP contribution is -2.50. The fourth-order valence-electron chi connectivity index (χ4n) is 3.71. The predicted octanol–water partition coefficient (Wildman–Crippen LogP) is 3.57. The monoisotopic (exact) mass is 405 g/mol. The average Bonchev–Trinajstić information content (AvgIpc) is 3.43. The van der Waals surface area contributed by atoms with Crippen molar-refractivity contribution in [3.05, 3.63) is 41.1 Å². The molecule has 154 valence electrons. The van der Waals surface area contributed by atoms with E-state index in [-0.39, 0.29) is 17.8 Å². The smallest absolute Gasteiger partial charge is 0.378 e. The fourth-order valence-corrected chi connectivity index (χ4v) is 3.71. The molecule has 1 saturated carbocycles. The summed E-state index contributed by atoms with van der Waals surface area (Å²) in [5.74, 6) is -0.000952. The molecule has 1 aliphatic carbocycles. The van der Waals surface area contributed by atoms with E-state index in [1.807, 2.05) is 12.1 Å². The summed E-state index contributed by atoms with van der Waals surface area (Å²) in [7, 11) is 0. The number of hydrogen-bond donors (Lipinski definition) is 2. The van der Waals surface area contributed by atoms with Crippen molar-refractivity contribution in [2.75, 3.05) is 30.4 Å². The number of halogens is 3. The molecule has 0 atom stereocenters. The summed E-state index contributed by atoms with van der Waals surface area (Å²) in [5, 5.41) is 5.93. The Bertz CT molecular complexity index is 911. The molecular formula is C20H22F3N5O. The molecule has 6 nitrogen and oxygen atoms in total. The van der Waals surface area contributed by atoms with E-state index >= 15 is 0 Å². The lowest BCUT2D eigenvalue weighted by atomic mass is 9.97. The highest BCUT2D eigenvalue weighted by atomic mass is 19.4. The zero-order valence-corrected chi connectivity index (χ0v) is 15.8. The molecule has 2 fully saturated rings. The van der Waals surface area contributed by atoms with Crippen LogP contribution in [0.3, 0.4) is 0 Å². The van der Waals surface area contributed by atoms with Crippen LogP contribution in [0.25, 0.3) is 0 Å². The maximum absolute atomic E-state index is 13.2. The van der Waals surface area contributed by atoms with Crippen molar-refractivity contribution < 1.29 is 17.9 Å². The highest BCUT2D eigenvalue weighted by molar-refractivity contribution is 5.59. The van der Waals surface area contributed by atoms with Crippen molar-refractivity contribution in [2.24, 2.45) is 0 Å². The Hall–Kier alpha value is -2.39. The van der Waals surface area contributed by atoms with Gasteiger partial charge in [-0.3, -0.25) is 4.90 Å². The van der Waals surface area contributed by atoms with Crippen LogP contribution in [0.4, 0.5) is 30.6 Å². The van der Waals surface area contributed by atoms with Gasteiger partial charge >= 0.3 is 6.18 Å². The number of anilines is 3. The Kier molecular flexibility index (Phi) is 4.59. The van der Waals surface area contributed by atoms with Gasteiger partial charge in [0.05, 0.1) is 19.3 Å². The van der Waals surface area contributed by atoms with Gasteiger partial charge in [-0.15, -0.1) is 0 Å². The first kappa shape index (κ1) is 18.6. The number of aromatic nitrogens is 2. The molecule has 0 radical (unpaired) electrons. The van der Waals surface area contributed by atoms with E-state index in [4.69, 9.17) is 4.74 Å². The van der Waals surface area contributed by atoms with Crippen LogP contribution in [0.1, 0.15) is 29.5 Å². The van der Waals surface area contributed by atoms with Crippen LogP contribution in [0.5, 0.6) is 0 Å². The third-order valence-electron chi connectivity index (χ3n) is 5.65. The Morgan fingerprint density at radius 2 is 1.97 bits per heavy atom. The Labute approximate surface area is 166 Å². The van der Waals surface area contributed by atoms with Crippen molar-refractivity contribution in [1.29, 1.82) is 0 Å². The van der Waals surface area contributed by atoms with Gasteiger partial charge in [0.15, 0.2) is 0 Å². The molecule has 3 aliphatic rings. The topological polar surface area (TPSA) is 62.3 Å². The zero-order chi connectivity index (χ0) is 20.0. The number of ether oxygens (including phenoxy) is 1. The van der Waals surface area contributed by atoms with Crippen molar-refractivity contribution >= 4 is 17.5 Å². The standard InChI is InChI=1S/C20H22F3N5O/c21-20(22,23)17-8-24-19(27-18(17)25-14-3-4-14)26-15-2-1-13-9-28(16-10-29-11-16)6-5-12(13)7-15/h1-2,7-8,14,16H,3-6,9-11H2,(H2,24,25,26,27). The van der Waals surface area contributed by atoms with E-state index in [1.54, 1.807) is 0 Å². The molecule has 0 spiro atoms. The molecule has 1 aromatic carbocycles. The van der Waals surface area contributed by atoms with Crippen LogP contribution in [-0.4, -0.2) is 46.7 Å². The van der Waals surface area contributed by atoms with Gasteiger partial charge in [-0.2, -0.15) is 18.2 Å². The molecule has 2 aromatic rings. The second-order valence-corrected chi connectivity index (χ2v) is 7.89. The number of nitrogens with one attached hydrogen (secondary N) is 2. The van der Waals surface area contributed by atoms with E-state index in [0.717, 1.165) is 57.4 Å². The molecule has 29 heavy (non-hydrogen) atoms. The Morgan fingerprint density at radius 1 is 1.14 bits per heavy atom. The summed E-state index contributed by atoms with van der Waals surface area (Å²) < 4.78 is 45.0. The third kappa shape index (κ3) is 4.02. The van der Waals surface area contributed by atoms with E-state index in [0.29, 0.717) is 6.04 Å². The number of rotatable bonds is 5. The lowest BCUT2D eigenvalue weighted by molar-refractivity contribution is -0.137. The first-order chi connectivity index (χ1) is 14.0. The summed E-state index contributed by atoms with van der Waals surface area (Å²) in [6.07, 6.45) is -0.989. The van der Waals surface area contributed by atoms with Crippen LogP contribution in [-0.2, 0) is 23.9 Å². The van der Waals surface area contributed by atoms with Crippen molar-refractivity contribution in [1.82, 2.24) is 14.9 Å². The zero-order valence-electron chi connectivity index (χ0n) is 15.8. The summed E-state index contributed by atoms with van der Waals surface area (Å²) in [5.41, 5.74) is 2.47. The molecule has 2 N–H and O–H groups in total. The van der Waals surface area contributed by atoms with Gasteiger partial charge in [0, 0.05) is 31.0 Å².